The minimum absolute atomic E-state index is 0.0835. The van der Waals surface area contributed by atoms with Crippen molar-refractivity contribution in [1.82, 2.24) is 0 Å². The Morgan fingerprint density at radius 3 is 2.93 bits per heavy atom. The van der Waals surface area contributed by atoms with Gasteiger partial charge in [-0.2, -0.15) is 0 Å². The molecule has 0 atom stereocenters. The van der Waals surface area contributed by atoms with Gasteiger partial charge >= 0.3 is 5.97 Å². The van der Waals surface area contributed by atoms with E-state index in [1.54, 1.807) is 18.2 Å². The van der Waals surface area contributed by atoms with Crippen molar-refractivity contribution >= 4 is 28.9 Å². The quantitative estimate of drug-likeness (QED) is 0.591. The molecule has 0 fully saturated rings. The molecule has 0 saturated heterocycles. The molecule has 0 aliphatic carbocycles. The summed E-state index contributed by atoms with van der Waals surface area (Å²) in [5.74, 6) is -0.349. The topological polar surface area (TPSA) is 64.3 Å². The van der Waals surface area contributed by atoms with Gasteiger partial charge in [0, 0.05) is 5.69 Å². The summed E-state index contributed by atoms with van der Waals surface area (Å²) >= 11 is 5.86. The van der Waals surface area contributed by atoms with E-state index >= 15 is 0 Å². The highest BCUT2D eigenvalue weighted by Gasteiger charge is 2.03. The molecule has 0 bridgehead atoms. The van der Waals surface area contributed by atoms with Crippen LogP contribution in [-0.2, 0) is 9.53 Å². The highest BCUT2D eigenvalue weighted by Crippen LogP contribution is 2.23. The number of benzene rings is 1. The smallest absolute Gasteiger partial charge is 0.325 e. The summed E-state index contributed by atoms with van der Waals surface area (Å²) in [6, 6.07) is 5.02. The van der Waals surface area contributed by atoms with Crippen molar-refractivity contribution in [2.75, 3.05) is 24.7 Å². The Hall–Kier alpha value is -1.42. The maximum atomic E-state index is 10.8. The molecule has 0 aliphatic heterocycles. The molecule has 0 spiro atoms. The van der Waals surface area contributed by atoms with Gasteiger partial charge in [-0.1, -0.05) is 11.6 Å². The minimum Gasteiger partial charge on any atom is -0.468 e. The average molecular weight is 215 g/mol. The predicted molar refractivity (Wildman–Crippen MR) is 56.4 cm³/mol. The van der Waals surface area contributed by atoms with E-state index in [-0.39, 0.29) is 12.5 Å². The first-order valence-electron chi connectivity index (χ1n) is 3.99. The molecular weight excluding hydrogens is 204 g/mol. The van der Waals surface area contributed by atoms with E-state index in [2.05, 4.69) is 10.1 Å². The van der Waals surface area contributed by atoms with Crippen molar-refractivity contribution in [3.8, 4) is 0 Å². The zero-order valence-corrected chi connectivity index (χ0v) is 8.47. The Balaban J connectivity index is 2.63. The number of methoxy groups -OCH3 is 1. The second-order valence-corrected chi connectivity index (χ2v) is 3.08. The van der Waals surface area contributed by atoms with Gasteiger partial charge in [0.25, 0.3) is 0 Å². The number of hydrogen-bond acceptors (Lipinski definition) is 4. The van der Waals surface area contributed by atoms with E-state index in [4.69, 9.17) is 17.3 Å². The number of nitrogens with one attached hydrogen (secondary N) is 1. The van der Waals surface area contributed by atoms with E-state index in [0.717, 1.165) is 0 Å². The summed E-state index contributed by atoms with van der Waals surface area (Å²) in [5, 5.41) is 3.31. The molecule has 1 rings (SSSR count). The molecule has 1 aromatic rings. The molecule has 0 amide bonds. The summed E-state index contributed by atoms with van der Waals surface area (Å²) in [6.07, 6.45) is 0. The molecule has 1 aromatic carbocycles. The molecular formula is C9H11ClN2O2. The largest absolute Gasteiger partial charge is 0.468 e. The number of carbonyl (C=O) groups is 1. The van der Waals surface area contributed by atoms with Gasteiger partial charge < -0.3 is 15.8 Å². The summed E-state index contributed by atoms with van der Waals surface area (Å²) < 4.78 is 4.47. The molecule has 0 unspecified atom stereocenters. The van der Waals surface area contributed by atoms with Gasteiger partial charge in [0.05, 0.1) is 17.8 Å². The Kier molecular flexibility index (Phi) is 3.59. The molecule has 3 N–H and O–H groups in total. The zero-order chi connectivity index (χ0) is 10.6. The SMILES string of the molecule is COC(=O)CNc1ccc(N)cc1Cl. The minimum atomic E-state index is -0.349. The number of halogens is 1. The number of hydrogen-bond donors (Lipinski definition) is 2. The second-order valence-electron chi connectivity index (χ2n) is 2.67. The molecule has 0 aromatic heterocycles. The molecule has 0 heterocycles. The van der Waals surface area contributed by atoms with Crippen LogP contribution in [0.1, 0.15) is 0 Å². The van der Waals surface area contributed by atoms with E-state index < -0.39 is 0 Å². The molecule has 0 aliphatic rings. The number of esters is 1. The number of anilines is 2. The first-order valence-corrected chi connectivity index (χ1v) is 4.37. The standard InChI is InChI=1S/C9H11ClN2O2/c1-14-9(13)5-12-8-3-2-6(11)4-7(8)10/h2-4,12H,5,11H2,1H3. The van der Waals surface area contributed by atoms with Gasteiger partial charge in [-0.05, 0) is 18.2 Å². The maximum absolute atomic E-state index is 10.8. The normalized spacial score (nSPS) is 9.57. The van der Waals surface area contributed by atoms with E-state index in [0.29, 0.717) is 16.4 Å². The molecule has 0 radical (unpaired) electrons. The van der Waals surface area contributed by atoms with Crippen LogP contribution in [0.3, 0.4) is 0 Å². The molecule has 76 valence electrons. The van der Waals surface area contributed by atoms with Gasteiger partial charge in [-0.25, -0.2) is 0 Å². The highest BCUT2D eigenvalue weighted by molar-refractivity contribution is 6.33. The van der Waals surface area contributed by atoms with Gasteiger partial charge in [-0.15, -0.1) is 0 Å². The Morgan fingerprint density at radius 2 is 2.36 bits per heavy atom. The average Bonchev–Trinajstić information content (AvgIpc) is 2.16. The number of carbonyl (C=O) groups excluding carboxylic acids is 1. The first-order chi connectivity index (χ1) is 6.63. The van der Waals surface area contributed by atoms with Crippen molar-refractivity contribution in [1.29, 1.82) is 0 Å². The number of rotatable bonds is 3. The van der Waals surface area contributed by atoms with Gasteiger partial charge in [0.1, 0.15) is 6.54 Å². The third-order valence-corrected chi connectivity index (χ3v) is 1.96. The summed E-state index contributed by atoms with van der Waals surface area (Å²) in [6.45, 7) is 0.0835. The van der Waals surface area contributed by atoms with Gasteiger partial charge in [0.2, 0.25) is 0 Å². The van der Waals surface area contributed by atoms with Crippen LogP contribution in [0.25, 0.3) is 0 Å². The lowest BCUT2D eigenvalue weighted by molar-refractivity contribution is -0.138. The molecule has 5 heteroatoms. The molecule has 4 nitrogen and oxygen atoms in total. The number of nitrogens with two attached hydrogens (primary N) is 1. The van der Waals surface area contributed by atoms with Crippen molar-refractivity contribution < 1.29 is 9.53 Å². The van der Waals surface area contributed by atoms with Crippen LogP contribution in [0, 0.1) is 0 Å². The lowest BCUT2D eigenvalue weighted by Gasteiger charge is -2.07. The fourth-order valence-electron chi connectivity index (χ4n) is 0.914. The van der Waals surface area contributed by atoms with Crippen LogP contribution in [-0.4, -0.2) is 19.6 Å². The number of nitrogen functional groups attached to an aromatic ring is 1. The first kappa shape index (κ1) is 10.7. The van der Waals surface area contributed by atoms with Crippen LogP contribution in [0.5, 0.6) is 0 Å². The molecule has 14 heavy (non-hydrogen) atoms. The Morgan fingerprint density at radius 1 is 1.64 bits per heavy atom. The summed E-state index contributed by atoms with van der Waals surface area (Å²) in [5.41, 5.74) is 6.75. The summed E-state index contributed by atoms with van der Waals surface area (Å²) in [7, 11) is 1.33. The van der Waals surface area contributed by atoms with Crippen LogP contribution in [0.2, 0.25) is 5.02 Å². The third kappa shape index (κ3) is 2.81. The van der Waals surface area contributed by atoms with E-state index in [1.807, 2.05) is 0 Å². The summed E-state index contributed by atoms with van der Waals surface area (Å²) in [4.78, 5) is 10.8. The predicted octanol–water partition coefficient (Wildman–Crippen LogP) is 1.51. The maximum Gasteiger partial charge on any atom is 0.325 e. The van der Waals surface area contributed by atoms with Crippen molar-refractivity contribution in [3.63, 3.8) is 0 Å². The van der Waals surface area contributed by atoms with Crippen LogP contribution in [0.15, 0.2) is 18.2 Å². The van der Waals surface area contributed by atoms with E-state index in [1.165, 1.54) is 7.11 Å². The molecule has 0 saturated carbocycles. The van der Waals surface area contributed by atoms with Crippen LogP contribution < -0.4 is 11.1 Å². The van der Waals surface area contributed by atoms with E-state index in [9.17, 15) is 4.79 Å². The van der Waals surface area contributed by atoms with Crippen molar-refractivity contribution in [2.45, 2.75) is 0 Å². The lowest BCUT2D eigenvalue weighted by Crippen LogP contribution is -2.15. The zero-order valence-electron chi connectivity index (χ0n) is 7.71. The fourth-order valence-corrected chi connectivity index (χ4v) is 1.17. The van der Waals surface area contributed by atoms with Crippen LogP contribution in [0.4, 0.5) is 11.4 Å². The van der Waals surface area contributed by atoms with Crippen molar-refractivity contribution in [2.24, 2.45) is 0 Å². The van der Waals surface area contributed by atoms with Crippen LogP contribution >= 0.6 is 11.6 Å². The second kappa shape index (κ2) is 4.72. The lowest BCUT2D eigenvalue weighted by atomic mass is 10.3. The van der Waals surface area contributed by atoms with Gasteiger partial charge in [0.15, 0.2) is 0 Å². The fraction of sp³-hybridized carbons (Fsp3) is 0.222. The Labute approximate surface area is 87.0 Å². The monoisotopic (exact) mass is 214 g/mol. The Bertz CT molecular complexity index is 342. The van der Waals surface area contributed by atoms with Gasteiger partial charge in [-0.3, -0.25) is 4.79 Å². The highest BCUT2D eigenvalue weighted by atomic mass is 35.5. The number of ether oxygens (including phenoxy) is 1. The van der Waals surface area contributed by atoms with Crippen molar-refractivity contribution in [3.05, 3.63) is 23.2 Å². The third-order valence-electron chi connectivity index (χ3n) is 1.64.